The lowest BCUT2D eigenvalue weighted by Crippen LogP contribution is -2.00. The first-order chi connectivity index (χ1) is 9.10. The minimum Gasteiger partial charge on any atom is -0.438 e. The van der Waals surface area contributed by atoms with Crippen LogP contribution in [0, 0.1) is 0 Å². The highest BCUT2D eigenvalue weighted by molar-refractivity contribution is 9.10. The molecule has 0 fully saturated rings. The molecule has 0 saturated heterocycles. The van der Waals surface area contributed by atoms with Gasteiger partial charge >= 0.3 is 0 Å². The molecule has 0 unspecified atom stereocenters. The molecule has 1 aromatic heterocycles. The number of aromatic nitrogens is 2. The van der Waals surface area contributed by atoms with E-state index < -0.39 is 0 Å². The monoisotopic (exact) mass is 322 g/mol. The molecule has 1 N–H and O–H groups in total. The van der Waals surface area contributed by atoms with E-state index in [1.807, 2.05) is 32.0 Å². The Kier molecular flexibility index (Phi) is 4.50. The third-order valence-corrected chi connectivity index (χ3v) is 2.97. The third-order valence-electron chi connectivity index (χ3n) is 2.56. The summed E-state index contributed by atoms with van der Waals surface area (Å²) < 4.78 is 6.41. The zero-order chi connectivity index (χ0) is 13.8. The quantitative estimate of drug-likeness (QED) is 0.873. The fourth-order valence-corrected chi connectivity index (χ4v) is 1.95. The van der Waals surface area contributed by atoms with Gasteiger partial charge < -0.3 is 9.84 Å². The normalized spacial score (nSPS) is 10.8. The summed E-state index contributed by atoms with van der Waals surface area (Å²) in [5.74, 6) is 2.00. The molecule has 0 saturated carbocycles. The molecule has 100 valence electrons. The van der Waals surface area contributed by atoms with Crippen molar-refractivity contribution >= 4 is 15.9 Å². The Bertz CT molecular complexity index is 573. The fraction of sp³-hybridized carbons (Fsp3) is 0.286. The van der Waals surface area contributed by atoms with Crippen LogP contribution in [0.15, 0.2) is 34.9 Å². The molecule has 0 aliphatic carbocycles. The van der Waals surface area contributed by atoms with Gasteiger partial charge in [0.25, 0.3) is 0 Å². The summed E-state index contributed by atoms with van der Waals surface area (Å²) >= 11 is 3.35. The van der Waals surface area contributed by atoms with Crippen LogP contribution in [0.25, 0.3) is 0 Å². The topological polar surface area (TPSA) is 55.2 Å². The van der Waals surface area contributed by atoms with Crippen molar-refractivity contribution in [1.29, 1.82) is 0 Å². The third kappa shape index (κ3) is 3.52. The summed E-state index contributed by atoms with van der Waals surface area (Å²) in [6.07, 6.45) is 0. The van der Waals surface area contributed by atoms with Gasteiger partial charge in [-0.05, 0) is 22.0 Å². The van der Waals surface area contributed by atoms with E-state index in [-0.39, 0.29) is 12.5 Å². The van der Waals surface area contributed by atoms with Gasteiger partial charge in [-0.3, -0.25) is 0 Å². The number of aliphatic hydroxyl groups excluding tert-OH is 1. The predicted molar refractivity (Wildman–Crippen MR) is 76.3 cm³/mol. The molecular formula is C14H15BrN2O2. The lowest BCUT2D eigenvalue weighted by molar-refractivity contribution is 0.276. The Morgan fingerprint density at radius 2 is 2.00 bits per heavy atom. The first kappa shape index (κ1) is 14.0. The number of benzene rings is 1. The Balaban J connectivity index is 2.32. The number of hydrogen-bond acceptors (Lipinski definition) is 4. The number of hydrogen-bond donors (Lipinski definition) is 1. The smallest absolute Gasteiger partial charge is 0.223 e. The Hall–Kier alpha value is -1.46. The van der Waals surface area contributed by atoms with E-state index in [0.717, 1.165) is 5.56 Å². The molecule has 0 atom stereocenters. The molecular weight excluding hydrogens is 308 g/mol. The molecule has 0 aliphatic heterocycles. The number of rotatable bonds is 4. The van der Waals surface area contributed by atoms with E-state index in [1.165, 1.54) is 0 Å². The lowest BCUT2D eigenvalue weighted by Gasteiger charge is -2.11. The lowest BCUT2D eigenvalue weighted by atomic mass is 10.2. The molecule has 2 aromatic rings. The number of halogens is 1. The Morgan fingerprint density at radius 3 is 2.68 bits per heavy atom. The molecule has 0 spiro atoms. The van der Waals surface area contributed by atoms with E-state index in [4.69, 9.17) is 4.74 Å². The zero-order valence-electron chi connectivity index (χ0n) is 10.8. The van der Waals surface area contributed by atoms with Crippen molar-refractivity contribution in [3.8, 4) is 11.6 Å². The second-order valence-electron chi connectivity index (χ2n) is 4.41. The summed E-state index contributed by atoms with van der Waals surface area (Å²) in [6, 6.07) is 9.04. The summed E-state index contributed by atoms with van der Waals surface area (Å²) in [5, 5.41) is 9.27. The zero-order valence-corrected chi connectivity index (χ0v) is 12.4. The summed E-state index contributed by atoms with van der Waals surface area (Å²) in [6.45, 7) is 3.97. The highest BCUT2D eigenvalue weighted by Gasteiger charge is 2.10. The van der Waals surface area contributed by atoms with E-state index in [1.54, 1.807) is 12.1 Å². The van der Waals surface area contributed by atoms with Crippen molar-refractivity contribution in [2.24, 2.45) is 0 Å². The van der Waals surface area contributed by atoms with E-state index in [9.17, 15) is 5.11 Å². The molecule has 4 nitrogen and oxygen atoms in total. The Labute approximate surface area is 120 Å². The predicted octanol–water partition coefficient (Wildman–Crippen LogP) is 3.65. The maximum atomic E-state index is 9.27. The number of para-hydroxylation sites is 1. The standard InChI is InChI=1S/C14H15BrN2O2/c1-9(2)14-16-12(15)7-13(17-14)19-11-6-4-3-5-10(11)8-18/h3-7,9,18H,8H2,1-2H3. The van der Waals surface area contributed by atoms with Crippen molar-refractivity contribution in [2.45, 2.75) is 26.4 Å². The molecule has 19 heavy (non-hydrogen) atoms. The second kappa shape index (κ2) is 6.12. The molecule has 1 heterocycles. The average molecular weight is 323 g/mol. The maximum Gasteiger partial charge on any atom is 0.223 e. The molecule has 0 radical (unpaired) electrons. The van der Waals surface area contributed by atoms with Crippen molar-refractivity contribution < 1.29 is 9.84 Å². The van der Waals surface area contributed by atoms with Gasteiger partial charge in [-0.15, -0.1) is 0 Å². The average Bonchev–Trinajstić information content (AvgIpc) is 2.38. The maximum absolute atomic E-state index is 9.27. The second-order valence-corrected chi connectivity index (χ2v) is 5.22. The number of ether oxygens (including phenoxy) is 1. The van der Waals surface area contributed by atoms with Crippen molar-refractivity contribution in [3.05, 3.63) is 46.3 Å². The van der Waals surface area contributed by atoms with Crippen LogP contribution in [-0.2, 0) is 6.61 Å². The van der Waals surface area contributed by atoms with E-state index in [2.05, 4.69) is 25.9 Å². The van der Waals surface area contributed by atoms with Crippen LogP contribution >= 0.6 is 15.9 Å². The minimum atomic E-state index is -0.0700. The van der Waals surface area contributed by atoms with Crippen molar-refractivity contribution in [3.63, 3.8) is 0 Å². The molecule has 2 rings (SSSR count). The van der Waals surface area contributed by atoms with Gasteiger partial charge in [0.05, 0.1) is 6.61 Å². The summed E-state index contributed by atoms with van der Waals surface area (Å²) in [5.41, 5.74) is 0.725. The fourth-order valence-electron chi connectivity index (χ4n) is 1.57. The van der Waals surface area contributed by atoms with Gasteiger partial charge in [0, 0.05) is 17.5 Å². The van der Waals surface area contributed by atoms with Gasteiger partial charge in [-0.25, -0.2) is 4.98 Å². The largest absolute Gasteiger partial charge is 0.438 e. The van der Waals surface area contributed by atoms with Crippen LogP contribution in [0.5, 0.6) is 11.6 Å². The summed E-state index contributed by atoms with van der Waals surface area (Å²) in [4.78, 5) is 8.65. The first-order valence-electron chi connectivity index (χ1n) is 6.01. The van der Waals surface area contributed by atoms with Crippen LogP contribution in [0.1, 0.15) is 31.2 Å². The van der Waals surface area contributed by atoms with Gasteiger partial charge in [0.15, 0.2) is 0 Å². The van der Waals surface area contributed by atoms with Crippen molar-refractivity contribution in [1.82, 2.24) is 9.97 Å². The summed E-state index contributed by atoms with van der Waals surface area (Å²) in [7, 11) is 0. The number of nitrogens with zero attached hydrogens (tertiary/aromatic N) is 2. The van der Waals surface area contributed by atoms with Gasteiger partial charge in [0.1, 0.15) is 16.2 Å². The van der Waals surface area contributed by atoms with Gasteiger partial charge in [0.2, 0.25) is 5.88 Å². The first-order valence-corrected chi connectivity index (χ1v) is 6.80. The van der Waals surface area contributed by atoms with Crippen LogP contribution < -0.4 is 4.74 Å². The Morgan fingerprint density at radius 1 is 1.26 bits per heavy atom. The highest BCUT2D eigenvalue weighted by atomic mass is 79.9. The van der Waals surface area contributed by atoms with E-state index >= 15 is 0 Å². The molecule has 1 aromatic carbocycles. The number of aliphatic hydroxyl groups is 1. The van der Waals surface area contributed by atoms with Gasteiger partial charge in [-0.2, -0.15) is 4.98 Å². The van der Waals surface area contributed by atoms with Crippen LogP contribution in [-0.4, -0.2) is 15.1 Å². The van der Waals surface area contributed by atoms with Crippen LogP contribution in [0.4, 0.5) is 0 Å². The highest BCUT2D eigenvalue weighted by Crippen LogP contribution is 2.26. The molecule has 5 heteroatoms. The SMILES string of the molecule is CC(C)c1nc(Br)cc(Oc2ccccc2CO)n1. The minimum absolute atomic E-state index is 0.0700. The van der Waals surface area contributed by atoms with Crippen LogP contribution in [0.2, 0.25) is 0 Å². The van der Waals surface area contributed by atoms with Crippen molar-refractivity contribution in [2.75, 3.05) is 0 Å². The van der Waals surface area contributed by atoms with E-state index in [0.29, 0.717) is 22.1 Å². The molecule has 0 bridgehead atoms. The molecule has 0 amide bonds. The molecule has 0 aliphatic rings. The van der Waals surface area contributed by atoms with Crippen LogP contribution in [0.3, 0.4) is 0 Å². The van der Waals surface area contributed by atoms with Gasteiger partial charge in [-0.1, -0.05) is 32.0 Å².